The molecule has 0 radical (unpaired) electrons. The van der Waals surface area contributed by atoms with Gasteiger partial charge in [0.15, 0.2) is 10.9 Å². The zero-order valence-corrected chi connectivity index (χ0v) is 16.0. The molecule has 7 heteroatoms. The van der Waals surface area contributed by atoms with Crippen molar-refractivity contribution in [2.24, 2.45) is 0 Å². The van der Waals surface area contributed by atoms with E-state index in [2.05, 4.69) is 29.5 Å². The van der Waals surface area contributed by atoms with E-state index in [9.17, 15) is 9.59 Å². The zero-order chi connectivity index (χ0) is 19.2. The van der Waals surface area contributed by atoms with Gasteiger partial charge in [-0.1, -0.05) is 26.0 Å². The highest BCUT2D eigenvalue weighted by Crippen LogP contribution is 2.19. The van der Waals surface area contributed by atoms with E-state index in [-0.39, 0.29) is 17.6 Å². The summed E-state index contributed by atoms with van der Waals surface area (Å²) in [5.74, 6) is 0.279. The van der Waals surface area contributed by atoms with Gasteiger partial charge in [0, 0.05) is 17.5 Å². The van der Waals surface area contributed by atoms with Crippen LogP contribution in [0.5, 0.6) is 0 Å². The average Bonchev–Trinajstić information content (AvgIpc) is 3.32. The van der Waals surface area contributed by atoms with E-state index in [1.807, 2.05) is 29.6 Å². The van der Waals surface area contributed by atoms with Crippen molar-refractivity contribution in [3.63, 3.8) is 0 Å². The van der Waals surface area contributed by atoms with Gasteiger partial charge in [0.1, 0.15) is 0 Å². The first-order valence-corrected chi connectivity index (χ1v) is 9.58. The third-order valence-corrected chi connectivity index (χ3v) is 4.79. The van der Waals surface area contributed by atoms with Gasteiger partial charge in [-0.15, -0.1) is 11.3 Å². The van der Waals surface area contributed by atoms with Crippen molar-refractivity contribution in [2.45, 2.75) is 32.6 Å². The number of aromatic nitrogens is 1. The molecule has 0 saturated heterocycles. The number of benzene rings is 1. The Kier molecular flexibility index (Phi) is 6.03. The molecule has 0 bridgehead atoms. The van der Waals surface area contributed by atoms with Crippen molar-refractivity contribution < 1.29 is 14.0 Å². The average molecular weight is 383 g/mol. The highest BCUT2D eigenvalue weighted by Gasteiger charge is 2.12. The molecule has 0 saturated carbocycles. The minimum Gasteiger partial charge on any atom is -0.459 e. The fourth-order valence-corrected chi connectivity index (χ4v) is 3.20. The summed E-state index contributed by atoms with van der Waals surface area (Å²) in [6.45, 7) is 4.26. The Labute approximate surface area is 161 Å². The first kappa shape index (κ1) is 18.8. The molecule has 2 amide bonds. The number of carbonyl (C=O) groups excluding carboxylic acids is 2. The van der Waals surface area contributed by atoms with Crippen LogP contribution in [-0.4, -0.2) is 16.8 Å². The third kappa shape index (κ3) is 5.27. The van der Waals surface area contributed by atoms with Gasteiger partial charge in [-0.2, -0.15) is 0 Å². The van der Waals surface area contributed by atoms with Crippen LogP contribution in [0.2, 0.25) is 0 Å². The Hall–Kier alpha value is -2.93. The first-order valence-electron chi connectivity index (χ1n) is 8.70. The van der Waals surface area contributed by atoms with Crippen LogP contribution in [0.4, 0.5) is 10.8 Å². The number of amides is 2. The minimum atomic E-state index is -0.344. The van der Waals surface area contributed by atoms with E-state index in [1.54, 1.807) is 12.1 Å². The van der Waals surface area contributed by atoms with E-state index in [4.69, 9.17) is 4.42 Å². The molecule has 0 atom stereocenters. The molecule has 0 fully saturated rings. The number of hydrogen-bond acceptors (Lipinski definition) is 5. The monoisotopic (exact) mass is 383 g/mol. The molecule has 140 valence electrons. The van der Waals surface area contributed by atoms with Crippen molar-refractivity contribution in [3.8, 4) is 0 Å². The second-order valence-corrected chi connectivity index (χ2v) is 7.26. The third-order valence-electron chi connectivity index (χ3n) is 3.99. The Morgan fingerprint density at radius 1 is 1.15 bits per heavy atom. The van der Waals surface area contributed by atoms with Crippen molar-refractivity contribution in [2.75, 3.05) is 10.6 Å². The zero-order valence-electron chi connectivity index (χ0n) is 15.2. The highest BCUT2D eigenvalue weighted by molar-refractivity contribution is 7.13. The second-order valence-electron chi connectivity index (χ2n) is 6.40. The summed E-state index contributed by atoms with van der Waals surface area (Å²) >= 11 is 1.32. The molecule has 1 aromatic carbocycles. The second kappa shape index (κ2) is 8.64. The predicted octanol–water partition coefficient (Wildman–Crippen LogP) is 4.68. The molecule has 2 aromatic heterocycles. The maximum atomic E-state index is 12.1. The van der Waals surface area contributed by atoms with Crippen LogP contribution in [-0.2, 0) is 11.2 Å². The van der Waals surface area contributed by atoms with E-state index in [0.717, 1.165) is 11.4 Å². The fraction of sp³-hybridized carbons (Fsp3) is 0.250. The summed E-state index contributed by atoms with van der Waals surface area (Å²) in [6.07, 6.45) is 2.27. The number of anilines is 2. The lowest BCUT2D eigenvalue weighted by molar-refractivity contribution is -0.116. The van der Waals surface area contributed by atoms with Gasteiger partial charge in [-0.3, -0.25) is 14.9 Å². The SMILES string of the molecule is CC(C)c1ccc(NC(=O)CCc2csc(NC(=O)c3ccco3)n2)cc1. The summed E-state index contributed by atoms with van der Waals surface area (Å²) in [5.41, 5.74) is 2.79. The van der Waals surface area contributed by atoms with E-state index in [0.29, 0.717) is 23.9 Å². The van der Waals surface area contributed by atoms with Gasteiger partial charge in [0.2, 0.25) is 5.91 Å². The van der Waals surface area contributed by atoms with Crippen molar-refractivity contribution in [1.82, 2.24) is 4.98 Å². The Morgan fingerprint density at radius 3 is 2.59 bits per heavy atom. The summed E-state index contributed by atoms with van der Waals surface area (Å²) in [4.78, 5) is 28.4. The Balaban J connectivity index is 1.47. The summed E-state index contributed by atoms with van der Waals surface area (Å²) in [6, 6.07) is 11.1. The normalized spacial score (nSPS) is 10.8. The summed E-state index contributed by atoms with van der Waals surface area (Å²) < 4.78 is 5.04. The lowest BCUT2D eigenvalue weighted by atomic mass is 10.0. The Morgan fingerprint density at radius 2 is 1.93 bits per heavy atom. The number of carbonyl (C=O) groups is 2. The molecule has 6 nitrogen and oxygen atoms in total. The molecule has 2 N–H and O–H groups in total. The topological polar surface area (TPSA) is 84.2 Å². The maximum Gasteiger partial charge on any atom is 0.293 e. The molecule has 27 heavy (non-hydrogen) atoms. The standard InChI is InChI=1S/C20H21N3O3S/c1-13(2)14-5-7-15(8-6-14)21-18(24)10-9-16-12-27-20(22-16)23-19(25)17-4-3-11-26-17/h3-8,11-13H,9-10H2,1-2H3,(H,21,24)(H,22,23,25). The smallest absolute Gasteiger partial charge is 0.293 e. The van der Waals surface area contributed by atoms with Crippen LogP contribution in [0.15, 0.2) is 52.5 Å². The molecule has 0 aliphatic heterocycles. The molecule has 2 heterocycles. The van der Waals surface area contributed by atoms with Crippen LogP contribution in [0.25, 0.3) is 0 Å². The van der Waals surface area contributed by atoms with Crippen molar-refractivity contribution >= 4 is 34.0 Å². The first-order chi connectivity index (χ1) is 13.0. The molecule has 0 spiro atoms. The molecule has 3 rings (SSSR count). The largest absolute Gasteiger partial charge is 0.459 e. The number of furan rings is 1. The van der Waals surface area contributed by atoms with Gasteiger partial charge in [0.25, 0.3) is 5.91 Å². The van der Waals surface area contributed by atoms with Crippen LogP contribution < -0.4 is 10.6 Å². The quantitative estimate of drug-likeness (QED) is 0.620. The molecular formula is C20H21N3O3S. The number of rotatable bonds is 7. The van der Waals surface area contributed by atoms with E-state index >= 15 is 0 Å². The number of nitrogens with zero attached hydrogens (tertiary/aromatic N) is 1. The lowest BCUT2D eigenvalue weighted by Gasteiger charge is -2.08. The number of nitrogens with one attached hydrogen (secondary N) is 2. The Bertz CT molecular complexity index is 899. The van der Waals surface area contributed by atoms with Gasteiger partial charge >= 0.3 is 0 Å². The van der Waals surface area contributed by atoms with Crippen LogP contribution in [0.1, 0.15) is 48.0 Å². The maximum absolute atomic E-state index is 12.1. The fourth-order valence-electron chi connectivity index (χ4n) is 2.46. The number of thiazole rings is 1. The molecule has 0 aliphatic carbocycles. The summed E-state index contributed by atoms with van der Waals surface area (Å²) in [5, 5.41) is 7.89. The van der Waals surface area contributed by atoms with Crippen LogP contribution in [0.3, 0.4) is 0 Å². The van der Waals surface area contributed by atoms with Gasteiger partial charge in [-0.05, 0) is 42.2 Å². The molecule has 0 aliphatic rings. The van der Waals surface area contributed by atoms with Crippen LogP contribution >= 0.6 is 11.3 Å². The highest BCUT2D eigenvalue weighted by atomic mass is 32.1. The minimum absolute atomic E-state index is 0.0681. The molecule has 3 aromatic rings. The summed E-state index contributed by atoms with van der Waals surface area (Å²) in [7, 11) is 0. The lowest BCUT2D eigenvalue weighted by Crippen LogP contribution is -2.13. The molecular weight excluding hydrogens is 362 g/mol. The number of aryl methyl sites for hydroxylation is 1. The number of hydrogen-bond donors (Lipinski definition) is 2. The van der Waals surface area contributed by atoms with Crippen molar-refractivity contribution in [1.29, 1.82) is 0 Å². The van der Waals surface area contributed by atoms with E-state index in [1.165, 1.54) is 23.2 Å². The van der Waals surface area contributed by atoms with Gasteiger partial charge in [0.05, 0.1) is 12.0 Å². The van der Waals surface area contributed by atoms with E-state index < -0.39 is 0 Å². The predicted molar refractivity (Wildman–Crippen MR) is 106 cm³/mol. The molecule has 0 unspecified atom stereocenters. The van der Waals surface area contributed by atoms with Gasteiger partial charge in [-0.25, -0.2) is 4.98 Å². The van der Waals surface area contributed by atoms with Crippen molar-refractivity contribution in [3.05, 3.63) is 65.1 Å². The van der Waals surface area contributed by atoms with Crippen LogP contribution in [0, 0.1) is 0 Å². The van der Waals surface area contributed by atoms with Gasteiger partial charge < -0.3 is 9.73 Å².